The van der Waals surface area contributed by atoms with Crippen molar-refractivity contribution in [3.05, 3.63) is 35.4 Å². The fourth-order valence-electron chi connectivity index (χ4n) is 2.16. The van der Waals surface area contributed by atoms with E-state index in [4.69, 9.17) is 10.5 Å². The van der Waals surface area contributed by atoms with Crippen LogP contribution in [0.4, 0.5) is 0 Å². The maximum atomic E-state index is 5.96. The molecule has 1 atom stereocenters. The first-order valence-electron chi connectivity index (χ1n) is 5.68. The van der Waals surface area contributed by atoms with E-state index in [1.54, 1.807) is 0 Å². The minimum atomic E-state index is 0.0609. The molecule has 1 aromatic rings. The smallest absolute Gasteiger partial charge is 0.0723 e. The van der Waals surface area contributed by atoms with Crippen LogP contribution in [0.1, 0.15) is 30.4 Å². The normalized spacial score (nSPS) is 26.7. The van der Waals surface area contributed by atoms with Gasteiger partial charge in [0.2, 0.25) is 0 Å². The lowest BCUT2D eigenvalue weighted by molar-refractivity contribution is -0.0210. The summed E-state index contributed by atoms with van der Waals surface area (Å²) in [6.07, 6.45) is 3.69. The van der Waals surface area contributed by atoms with Crippen molar-refractivity contribution < 1.29 is 4.74 Å². The van der Waals surface area contributed by atoms with Crippen molar-refractivity contribution in [1.82, 2.24) is 0 Å². The predicted octanol–water partition coefficient (Wildman–Crippen LogP) is 0.864. The first kappa shape index (κ1) is 10.9. The van der Waals surface area contributed by atoms with Gasteiger partial charge in [0.25, 0.3) is 0 Å². The van der Waals surface area contributed by atoms with Gasteiger partial charge in [0.05, 0.1) is 5.22 Å². The van der Waals surface area contributed by atoms with Crippen LogP contribution in [0.3, 0.4) is 0 Å². The van der Waals surface area contributed by atoms with E-state index in [1.165, 1.54) is 30.4 Å². The van der Waals surface area contributed by atoms with Crippen molar-refractivity contribution in [2.75, 3.05) is 6.61 Å². The van der Waals surface area contributed by atoms with E-state index in [1.807, 2.05) is 0 Å². The molecule has 0 spiro atoms. The highest BCUT2D eigenvalue weighted by Crippen LogP contribution is 2.31. The molecule has 3 heteroatoms. The molecule has 1 aliphatic rings. The number of ether oxygens (including phenoxy) is 1. The number of rotatable bonds is 2. The fourth-order valence-corrected chi connectivity index (χ4v) is 3.05. The van der Waals surface area contributed by atoms with Crippen LogP contribution in [0.2, 0.25) is 0 Å². The summed E-state index contributed by atoms with van der Waals surface area (Å²) in [5, 5.41) is 0.0609. The van der Waals surface area contributed by atoms with Crippen molar-refractivity contribution >= 4 is 10.2 Å². The summed E-state index contributed by atoms with van der Waals surface area (Å²) in [6.45, 7) is 1.54. The lowest BCUT2D eigenvalue weighted by Gasteiger charge is -2.34. The Morgan fingerprint density at radius 2 is 2.00 bits per heavy atom. The summed E-state index contributed by atoms with van der Waals surface area (Å²) in [5.74, 6) is 0. The van der Waals surface area contributed by atoms with Crippen molar-refractivity contribution in [2.45, 2.75) is 31.0 Å². The molecule has 15 heavy (non-hydrogen) atoms. The lowest BCUT2D eigenvalue weighted by Crippen LogP contribution is -2.33. The summed E-state index contributed by atoms with van der Waals surface area (Å²) < 4.78 is 5.96. The van der Waals surface area contributed by atoms with Crippen LogP contribution < -0.4 is 5.73 Å². The molecular formula is C12H19NOSi. The van der Waals surface area contributed by atoms with Crippen LogP contribution in [-0.4, -0.2) is 16.8 Å². The van der Waals surface area contributed by atoms with Crippen molar-refractivity contribution in [3.63, 3.8) is 0 Å². The van der Waals surface area contributed by atoms with Gasteiger partial charge in [0.15, 0.2) is 0 Å². The van der Waals surface area contributed by atoms with Crippen LogP contribution in [0.15, 0.2) is 24.3 Å². The minimum Gasteiger partial charge on any atom is -0.375 e. The van der Waals surface area contributed by atoms with Crippen LogP contribution in [0.25, 0.3) is 0 Å². The topological polar surface area (TPSA) is 35.2 Å². The molecule has 2 N–H and O–H groups in total. The van der Waals surface area contributed by atoms with E-state index in [0.717, 1.165) is 16.8 Å². The molecule has 0 radical (unpaired) electrons. The second-order valence-electron chi connectivity index (χ2n) is 4.44. The zero-order valence-corrected chi connectivity index (χ0v) is 11.3. The van der Waals surface area contributed by atoms with E-state index in [2.05, 4.69) is 24.3 Å². The Balaban J connectivity index is 2.20. The minimum absolute atomic E-state index is 0.0609. The third kappa shape index (κ3) is 2.30. The molecule has 1 heterocycles. The van der Waals surface area contributed by atoms with Crippen LogP contribution in [-0.2, 0) is 16.5 Å². The molecule has 0 bridgehead atoms. The fraction of sp³-hybridized carbons (Fsp3) is 0.500. The molecule has 2 nitrogen and oxygen atoms in total. The summed E-state index contributed by atoms with van der Waals surface area (Å²) in [6, 6.07) is 8.60. The van der Waals surface area contributed by atoms with Gasteiger partial charge in [-0.25, -0.2) is 0 Å². The first-order chi connectivity index (χ1) is 7.24. The molecule has 0 aliphatic carbocycles. The molecule has 1 fully saturated rings. The van der Waals surface area contributed by atoms with Gasteiger partial charge < -0.3 is 10.5 Å². The van der Waals surface area contributed by atoms with Crippen LogP contribution in [0.5, 0.6) is 0 Å². The Labute approximate surface area is 94.2 Å². The zero-order chi connectivity index (χ0) is 10.7. The lowest BCUT2D eigenvalue weighted by atomic mass is 9.99. The van der Waals surface area contributed by atoms with Crippen molar-refractivity contribution in [3.8, 4) is 0 Å². The molecule has 1 aromatic carbocycles. The average Bonchev–Trinajstić information content (AvgIpc) is 2.30. The zero-order valence-electron chi connectivity index (χ0n) is 9.33. The Morgan fingerprint density at radius 3 is 2.53 bits per heavy atom. The maximum Gasteiger partial charge on any atom is 0.0723 e. The third-order valence-corrected chi connectivity index (χ3v) is 4.64. The van der Waals surface area contributed by atoms with Gasteiger partial charge >= 0.3 is 0 Å². The van der Waals surface area contributed by atoms with Gasteiger partial charge in [0.1, 0.15) is 0 Å². The molecule has 0 amide bonds. The second-order valence-corrected chi connectivity index (χ2v) is 6.05. The Bertz CT molecular complexity index is 317. The highest BCUT2D eigenvalue weighted by atomic mass is 28.1. The molecule has 1 unspecified atom stereocenters. The Kier molecular flexibility index (Phi) is 3.24. The predicted molar refractivity (Wildman–Crippen MR) is 65.8 cm³/mol. The number of hydrogen-bond acceptors (Lipinski definition) is 2. The van der Waals surface area contributed by atoms with Crippen LogP contribution >= 0.6 is 0 Å². The summed E-state index contributed by atoms with van der Waals surface area (Å²) in [5.41, 5.74) is 8.12. The van der Waals surface area contributed by atoms with Crippen molar-refractivity contribution in [2.24, 2.45) is 5.73 Å². The number of hydrogen-bond donors (Lipinski definition) is 1. The Morgan fingerprint density at radius 1 is 1.27 bits per heavy atom. The molecular weight excluding hydrogens is 202 g/mol. The number of benzene rings is 1. The third-order valence-electron chi connectivity index (χ3n) is 3.27. The van der Waals surface area contributed by atoms with Crippen molar-refractivity contribution in [1.29, 1.82) is 0 Å². The molecule has 1 aliphatic heterocycles. The van der Waals surface area contributed by atoms with Crippen LogP contribution in [0, 0.1) is 0 Å². The van der Waals surface area contributed by atoms with Gasteiger partial charge in [-0.15, -0.1) is 0 Å². The van der Waals surface area contributed by atoms with E-state index in [-0.39, 0.29) is 5.22 Å². The standard InChI is InChI=1S/C12H19NOSi/c13-9-10-3-5-11(6-4-10)12(15)7-1-2-8-14-12/h3-6H,1-2,7-9,13H2,15H3. The van der Waals surface area contributed by atoms with E-state index in [9.17, 15) is 0 Å². The SMILES string of the molecule is NCc1ccc(C2([SiH3])CCCCO2)cc1. The summed E-state index contributed by atoms with van der Waals surface area (Å²) >= 11 is 0. The first-order valence-corrected chi connectivity index (χ1v) is 6.68. The second kappa shape index (κ2) is 4.47. The van der Waals surface area contributed by atoms with Gasteiger partial charge in [0, 0.05) is 23.4 Å². The molecule has 0 saturated carbocycles. The summed E-state index contributed by atoms with van der Waals surface area (Å²) in [7, 11) is 1.06. The maximum absolute atomic E-state index is 5.96. The van der Waals surface area contributed by atoms with Gasteiger partial charge in [-0.2, -0.15) is 0 Å². The van der Waals surface area contributed by atoms with E-state index < -0.39 is 0 Å². The monoisotopic (exact) mass is 221 g/mol. The van der Waals surface area contributed by atoms with E-state index >= 15 is 0 Å². The highest BCUT2D eigenvalue weighted by Gasteiger charge is 2.29. The average molecular weight is 221 g/mol. The van der Waals surface area contributed by atoms with Gasteiger partial charge in [-0.3, -0.25) is 0 Å². The van der Waals surface area contributed by atoms with E-state index in [0.29, 0.717) is 6.54 Å². The molecule has 1 saturated heterocycles. The van der Waals surface area contributed by atoms with Gasteiger partial charge in [-0.1, -0.05) is 24.3 Å². The number of nitrogens with two attached hydrogens (primary N) is 1. The Hall–Kier alpha value is -0.643. The molecule has 0 aromatic heterocycles. The summed E-state index contributed by atoms with van der Waals surface area (Å²) in [4.78, 5) is 0. The van der Waals surface area contributed by atoms with Gasteiger partial charge in [-0.05, 0) is 30.4 Å². The highest BCUT2D eigenvalue weighted by molar-refractivity contribution is 6.14. The molecule has 2 rings (SSSR count). The quantitative estimate of drug-likeness (QED) is 0.752. The largest absolute Gasteiger partial charge is 0.375 e. The molecule has 82 valence electrons.